The van der Waals surface area contributed by atoms with Gasteiger partial charge in [-0.05, 0) is 29.9 Å². The minimum Gasteiger partial charge on any atom is -0.334 e. The molecule has 3 rings (SSSR count). The summed E-state index contributed by atoms with van der Waals surface area (Å²) in [6.07, 6.45) is 2.79. The average Bonchev–Trinajstić information content (AvgIpc) is 3.41. The van der Waals surface area contributed by atoms with E-state index in [4.69, 9.17) is 5.73 Å². The van der Waals surface area contributed by atoms with Gasteiger partial charge >= 0.3 is 0 Å². The summed E-state index contributed by atoms with van der Waals surface area (Å²) in [6, 6.07) is 20.3. The normalized spacial score (nSPS) is 15.2. The highest BCUT2D eigenvalue weighted by Gasteiger charge is 2.31. The molecule has 2 aromatic carbocycles. The summed E-state index contributed by atoms with van der Waals surface area (Å²) < 4.78 is 0. The van der Waals surface area contributed by atoms with E-state index in [0.29, 0.717) is 25.4 Å². The number of carbonyl (C=O) groups excluding carboxylic acids is 1. The minimum absolute atomic E-state index is 0.0107. The number of carbonyl (C=O) groups is 1. The van der Waals surface area contributed by atoms with Gasteiger partial charge in [-0.2, -0.15) is 0 Å². The highest BCUT2D eigenvalue weighted by Crippen LogP contribution is 2.33. The maximum absolute atomic E-state index is 12.7. The van der Waals surface area contributed by atoms with Crippen LogP contribution in [0.5, 0.6) is 0 Å². The van der Waals surface area contributed by atoms with Crippen LogP contribution in [0.4, 0.5) is 0 Å². The van der Waals surface area contributed by atoms with Crippen LogP contribution in [0, 0.1) is 5.92 Å². The Morgan fingerprint density at radius 3 is 1.87 bits per heavy atom. The zero-order valence-corrected chi connectivity index (χ0v) is 13.4. The van der Waals surface area contributed by atoms with Gasteiger partial charge in [0.2, 0.25) is 5.91 Å². The lowest BCUT2D eigenvalue weighted by Gasteiger charge is -2.24. The monoisotopic (exact) mass is 308 g/mol. The standard InChI is InChI=1S/C20H24N2O/c21-19(18-11-12-18)13-20(23)22(14-16-7-3-1-4-8-16)15-17-9-5-2-6-10-17/h1-10,18-19H,11-15,21H2. The molecule has 1 unspecified atom stereocenters. The first-order valence-corrected chi connectivity index (χ1v) is 8.33. The molecule has 1 saturated carbocycles. The third kappa shape index (κ3) is 4.67. The van der Waals surface area contributed by atoms with Crippen LogP contribution in [0.1, 0.15) is 30.4 Å². The number of amides is 1. The second kappa shape index (κ2) is 7.42. The van der Waals surface area contributed by atoms with Crippen LogP contribution >= 0.6 is 0 Å². The summed E-state index contributed by atoms with van der Waals surface area (Å²) in [4.78, 5) is 14.7. The quantitative estimate of drug-likeness (QED) is 0.852. The van der Waals surface area contributed by atoms with E-state index in [-0.39, 0.29) is 11.9 Å². The fourth-order valence-electron chi connectivity index (χ4n) is 2.86. The van der Waals surface area contributed by atoms with E-state index < -0.39 is 0 Å². The molecule has 3 heteroatoms. The van der Waals surface area contributed by atoms with Crippen molar-refractivity contribution < 1.29 is 4.79 Å². The summed E-state index contributed by atoms with van der Waals surface area (Å²) in [5.74, 6) is 0.700. The highest BCUT2D eigenvalue weighted by atomic mass is 16.2. The van der Waals surface area contributed by atoms with E-state index in [0.717, 1.165) is 11.1 Å². The van der Waals surface area contributed by atoms with Crippen LogP contribution in [0.15, 0.2) is 60.7 Å². The molecule has 0 spiro atoms. The third-order valence-electron chi connectivity index (χ3n) is 4.42. The van der Waals surface area contributed by atoms with Gasteiger partial charge in [0.25, 0.3) is 0 Å². The molecule has 23 heavy (non-hydrogen) atoms. The predicted octanol–water partition coefficient (Wildman–Crippen LogP) is 3.34. The number of hydrogen-bond donors (Lipinski definition) is 1. The van der Waals surface area contributed by atoms with E-state index in [1.165, 1.54) is 12.8 Å². The number of benzene rings is 2. The number of nitrogens with two attached hydrogens (primary N) is 1. The molecule has 2 N–H and O–H groups in total. The highest BCUT2D eigenvalue weighted by molar-refractivity contribution is 5.77. The zero-order valence-electron chi connectivity index (χ0n) is 13.4. The maximum Gasteiger partial charge on any atom is 0.224 e. The van der Waals surface area contributed by atoms with Gasteiger partial charge in [-0.25, -0.2) is 0 Å². The van der Waals surface area contributed by atoms with Crippen molar-refractivity contribution in [2.24, 2.45) is 11.7 Å². The van der Waals surface area contributed by atoms with Crippen LogP contribution in [-0.4, -0.2) is 16.8 Å². The van der Waals surface area contributed by atoms with Gasteiger partial charge in [0.1, 0.15) is 0 Å². The van der Waals surface area contributed by atoms with Crippen molar-refractivity contribution >= 4 is 5.91 Å². The Hall–Kier alpha value is -2.13. The SMILES string of the molecule is NC(CC(=O)N(Cc1ccccc1)Cc1ccccc1)C1CC1. The molecule has 1 atom stereocenters. The van der Waals surface area contributed by atoms with E-state index in [9.17, 15) is 4.79 Å². The summed E-state index contributed by atoms with van der Waals surface area (Å²) in [7, 11) is 0. The minimum atomic E-state index is 0.0107. The van der Waals surface area contributed by atoms with Crippen LogP contribution in [0.25, 0.3) is 0 Å². The molecule has 0 aromatic heterocycles. The molecule has 1 fully saturated rings. The van der Waals surface area contributed by atoms with Gasteiger partial charge in [0, 0.05) is 25.6 Å². The molecule has 1 amide bonds. The van der Waals surface area contributed by atoms with Gasteiger partial charge in [-0.15, -0.1) is 0 Å². The van der Waals surface area contributed by atoms with Gasteiger partial charge in [-0.3, -0.25) is 4.79 Å². The van der Waals surface area contributed by atoms with Gasteiger partial charge in [0.15, 0.2) is 0 Å². The Morgan fingerprint density at radius 2 is 1.43 bits per heavy atom. The molecule has 0 heterocycles. The maximum atomic E-state index is 12.7. The molecule has 1 aliphatic rings. The average molecular weight is 308 g/mol. The van der Waals surface area contributed by atoms with Crippen molar-refractivity contribution in [3.8, 4) is 0 Å². The second-order valence-electron chi connectivity index (χ2n) is 6.43. The largest absolute Gasteiger partial charge is 0.334 e. The molecule has 1 aliphatic carbocycles. The topological polar surface area (TPSA) is 46.3 Å². The van der Waals surface area contributed by atoms with Crippen molar-refractivity contribution in [2.75, 3.05) is 0 Å². The number of nitrogens with zero attached hydrogens (tertiary/aromatic N) is 1. The summed E-state index contributed by atoms with van der Waals surface area (Å²) in [5, 5.41) is 0. The molecular weight excluding hydrogens is 284 g/mol. The smallest absolute Gasteiger partial charge is 0.224 e. The predicted molar refractivity (Wildman–Crippen MR) is 92.5 cm³/mol. The van der Waals surface area contributed by atoms with Crippen molar-refractivity contribution in [3.05, 3.63) is 71.8 Å². The van der Waals surface area contributed by atoms with Gasteiger partial charge in [-0.1, -0.05) is 60.7 Å². The van der Waals surface area contributed by atoms with Crippen molar-refractivity contribution in [1.82, 2.24) is 4.90 Å². The Bertz CT molecular complexity index is 581. The molecule has 0 radical (unpaired) electrons. The molecule has 120 valence electrons. The molecule has 0 bridgehead atoms. The van der Waals surface area contributed by atoms with Crippen LogP contribution < -0.4 is 5.73 Å². The van der Waals surface area contributed by atoms with Crippen molar-refractivity contribution in [1.29, 1.82) is 0 Å². The third-order valence-corrected chi connectivity index (χ3v) is 4.42. The molecular formula is C20H24N2O. The Labute approximate surface area is 138 Å². The van der Waals surface area contributed by atoms with E-state index in [1.807, 2.05) is 41.3 Å². The lowest BCUT2D eigenvalue weighted by atomic mass is 10.1. The lowest BCUT2D eigenvalue weighted by Crippen LogP contribution is -2.36. The van der Waals surface area contributed by atoms with Gasteiger partial charge < -0.3 is 10.6 Å². The first-order valence-electron chi connectivity index (χ1n) is 8.33. The Morgan fingerprint density at radius 1 is 0.957 bits per heavy atom. The molecule has 3 nitrogen and oxygen atoms in total. The fourth-order valence-corrected chi connectivity index (χ4v) is 2.86. The molecule has 0 aliphatic heterocycles. The number of hydrogen-bond acceptors (Lipinski definition) is 2. The number of rotatable bonds is 7. The van der Waals surface area contributed by atoms with Crippen LogP contribution in [0.2, 0.25) is 0 Å². The molecule has 2 aromatic rings. The zero-order chi connectivity index (χ0) is 16.1. The Kier molecular flexibility index (Phi) is 5.09. The lowest BCUT2D eigenvalue weighted by molar-refractivity contribution is -0.133. The van der Waals surface area contributed by atoms with Crippen molar-refractivity contribution in [3.63, 3.8) is 0 Å². The first kappa shape index (κ1) is 15.8. The summed E-state index contributed by atoms with van der Waals surface area (Å²) >= 11 is 0. The van der Waals surface area contributed by atoms with E-state index >= 15 is 0 Å². The summed E-state index contributed by atoms with van der Waals surface area (Å²) in [5.41, 5.74) is 8.46. The fraction of sp³-hybridized carbons (Fsp3) is 0.350. The van der Waals surface area contributed by atoms with Crippen molar-refractivity contribution in [2.45, 2.75) is 38.4 Å². The Balaban J connectivity index is 1.70. The summed E-state index contributed by atoms with van der Waals surface area (Å²) in [6.45, 7) is 1.26. The van der Waals surface area contributed by atoms with E-state index in [1.54, 1.807) is 0 Å². The first-order chi connectivity index (χ1) is 11.2. The van der Waals surface area contributed by atoms with Crippen LogP contribution in [0.3, 0.4) is 0 Å². The van der Waals surface area contributed by atoms with Crippen LogP contribution in [-0.2, 0) is 17.9 Å². The molecule has 0 saturated heterocycles. The van der Waals surface area contributed by atoms with E-state index in [2.05, 4.69) is 24.3 Å². The second-order valence-corrected chi connectivity index (χ2v) is 6.43. The van der Waals surface area contributed by atoms with Gasteiger partial charge in [0.05, 0.1) is 0 Å².